The Bertz CT molecular complexity index is 825. The first-order valence-corrected chi connectivity index (χ1v) is 8.94. The van der Waals surface area contributed by atoms with Crippen molar-refractivity contribution in [1.82, 2.24) is 9.80 Å². The molecule has 2 aliphatic rings. The average molecular weight is 338 g/mol. The molecule has 0 radical (unpaired) electrons. The van der Waals surface area contributed by atoms with Gasteiger partial charge < -0.3 is 14.9 Å². The van der Waals surface area contributed by atoms with Gasteiger partial charge in [0.05, 0.1) is 5.56 Å². The minimum absolute atomic E-state index is 0.0555. The first-order valence-electron chi connectivity index (χ1n) is 8.94. The van der Waals surface area contributed by atoms with Crippen LogP contribution in [0.15, 0.2) is 36.4 Å². The van der Waals surface area contributed by atoms with E-state index in [9.17, 15) is 14.7 Å². The average Bonchev–Trinajstić information content (AvgIpc) is 3.08. The Hall–Kier alpha value is -2.56. The van der Waals surface area contributed by atoms with Gasteiger partial charge in [-0.25, -0.2) is 0 Å². The van der Waals surface area contributed by atoms with E-state index in [1.165, 1.54) is 0 Å². The summed E-state index contributed by atoms with van der Waals surface area (Å²) in [5, 5.41) is 12.1. The van der Waals surface area contributed by atoms with Crippen LogP contribution in [0.5, 0.6) is 5.75 Å². The van der Waals surface area contributed by atoms with Crippen LogP contribution in [0.1, 0.15) is 36.0 Å². The zero-order valence-electron chi connectivity index (χ0n) is 14.1. The van der Waals surface area contributed by atoms with E-state index in [4.69, 9.17) is 0 Å². The molecule has 25 heavy (non-hydrogen) atoms. The maximum Gasteiger partial charge on any atom is 0.257 e. The molecular weight excluding hydrogens is 316 g/mol. The molecule has 0 unspecified atom stereocenters. The number of hydrogen-bond acceptors (Lipinski definition) is 3. The van der Waals surface area contributed by atoms with Gasteiger partial charge >= 0.3 is 0 Å². The summed E-state index contributed by atoms with van der Waals surface area (Å²) in [7, 11) is 0. The van der Waals surface area contributed by atoms with Gasteiger partial charge in [-0.1, -0.05) is 30.3 Å². The molecule has 2 heterocycles. The molecule has 5 heteroatoms. The van der Waals surface area contributed by atoms with Gasteiger partial charge in [0.2, 0.25) is 5.91 Å². The molecular formula is C20H22N2O3. The number of nitrogens with zero attached hydrogens (tertiary/aromatic N) is 2. The molecule has 0 aromatic heterocycles. The molecule has 130 valence electrons. The van der Waals surface area contributed by atoms with Crippen molar-refractivity contribution in [2.24, 2.45) is 0 Å². The number of carbonyl (C=O) groups excluding carboxylic acids is 2. The summed E-state index contributed by atoms with van der Waals surface area (Å²) in [5.74, 6) is 0.173. The van der Waals surface area contributed by atoms with E-state index in [0.717, 1.165) is 31.2 Å². The number of likely N-dealkylation sites (tertiary alicyclic amines) is 2. The summed E-state index contributed by atoms with van der Waals surface area (Å²) in [6.45, 7) is 2.10. The molecule has 5 nitrogen and oxygen atoms in total. The number of hydrogen-bond donors (Lipinski definition) is 1. The number of carbonyl (C=O) groups is 2. The van der Waals surface area contributed by atoms with Crippen LogP contribution in [0.2, 0.25) is 0 Å². The smallest absolute Gasteiger partial charge is 0.257 e. The molecule has 0 bridgehead atoms. The third-order valence-electron chi connectivity index (χ3n) is 5.43. The minimum atomic E-state index is -0.130. The van der Waals surface area contributed by atoms with Crippen molar-refractivity contribution < 1.29 is 14.7 Å². The maximum atomic E-state index is 12.8. The van der Waals surface area contributed by atoms with Gasteiger partial charge in [-0.2, -0.15) is 0 Å². The minimum Gasteiger partial charge on any atom is -0.506 e. The first-order chi connectivity index (χ1) is 12.1. The van der Waals surface area contributed by atoms with E-state index in [-0.39, 0.29) is 23.6 Å². The maximum absolute atomic E-state index is 12.8. The Balaban J connectivity index is 1.49. The van der Waals surface area contributed by atoms with Gasteiger partial charge in [-0.15, -0.1) is 0 Å². The molecule has 0 atom stereocenters. The lowest BCUT2D eigenvalue weighted by molar-refractivity contribution is -0.130. The topological polar surface area (TPSA) is 60.9 Å². The molecule has 1 N–H and O–H groups in total. The molecule has 2 aromatic rings. The van der Waals surface area contributed by atoms with Gasteiger partial charge in [0.15, 0.2) is 0 Å². The molecule has 2 aromatic carbocycles. The zero-order chi connectivity index (χ0) is 17.4. The van der Waals surface area contributed by atoms with Gasteiger partial charge in [0.25, 0.3) is 5.91 Å². The Morgan fingerprint density at radius 1 is 1.04 bits per heavy atom. The Morgan fingerprint density at radius 3 is 2.52 bits per heavy atom. The Morgan fingerprint density at radius 2 is 1.80 bits per heavy atom. The normalized spacial score (nSPS) is 19.0. The number of phenols is 1. The van der Waals surface area contributed by atoms with Gasteiger partial charge in [-0.3, -0.25) is 9.59 Å². The zero-order valence-corrected chi connectivity index (χ0v) is 14.1. The molecule has 2 aliphatic heterocycles. The third kappa shape index (κ3) is 2.84. The molecule has 4 rings (SSSR count). The third-order valence-corrected chi connectivity index (χ3v) is 5.43. The lowest BCUT2D eigenvalue weighted by Crippen LogP contribution is -2.47. The van der Waals surface area contributed by atoms with Crippen molar-refractivity contribution in [2.75, 3.05) is 19.6 Å². The van der Waals surface area contributed by atoms with Crippen LogP contribution in [0.25, 0.3) is 10.8 Å². The second-order valence-corrected chi connectivity index (χ2v) is 6.90. The highest BCUT2D eigenvalue weighted by molar-refractivity contribution is 6.03. The van der Waals surface area contributed by atoms with E-state index < -0.39 is 0 Å². The summed E-state index contributed by atoms with van der Waals surface area (Å²) in [5.41, 5.74) is 0.356. The predicted octanol–water partition coefficient (Wildman–Crippen LogP) is 2.77. The SMILES string of the molecule is O=C(c1ccc2ccccc2c1O)N1CCC(N2CCCC2=O)CC1. The number of benzene rings is 2. The highest BCUT2D eigenvalue weighted by Crippen LogP contribution is 2.30. The van der Waals surface area contributed by atoms with Crippen LogP contribution in [-0.2, 0) is 4.79 Å². The Labute approximate surface area is 146 Å². The largest absolute Gasteiger partial charge is 0.506 e. The summed E-state index contributed by atoms with van der Waals surface area (Å²) >= 11 is 0. The van der Waals surface area contributed by atoms with E-state index in [0.29, 0.717) is 30.5 Å². The summed E-state index contributed by atoms with van der Waals surface area (Å²) in [4.78, 5) is 28.5. The van der Waals surface area contributed by atoms with Gasteiger partial charge in [0, 0.05) is 37.5 Å². The van der Waals surface area contributed by atoms with E-state index in [1.807, 2.05) is 35.2 Å². The van der Waals surface area contributed by atoms with Crippen molar-refractivity contribution in [1.29, 1.82) is 0 Å². The van der Waals surface area contributed by atoms with Crippen LogP contribution in [-0.4, -0.2) is 52.4 Å². The number of piperidine rings is 1. The van der Waals surface area contributed by atoms with Crippen LogP contribution in [0.3, 0.4) is 0 Å². The fourth-order valence-corrected chi connectivity index (χ4v) is 4.03. The molecule has 2 fully saturated rings. The van der Waals surface area contributed by atoms with Crippen LogP contribution < -0.4 is 0 Å². The van der Waals surface area contributed by atoms with Crippen molar-refractivity contribution in [3.63, 3.8) is 0 Å². The van der Waals surface area contributed by atoms with E-state index >= 15 is 0 Å². The lowest BCUT2D eigenvalue weighted by Gasteiger charge is -2.36. The molecule has 2 saturated heterocycles. The molecule has 0 saturated carbocycles. The quantitative estimate of drug-likeness (QED) is 0.916. The van der Waals surface area contributed by atoms with Gasteiger partial charge in [-0.05, 0) is 30.7 Å². The van der Waals surface area contributed by atoms with E-state index in [1.54, 1.807) is 11.0 Å². The standard InChI is InChI=1S/C20H22N2O3/c23-18-6-3-11-22(18)15-9-12-21(13-10-15)20(25)17-8-7-14-4-1-2-5-16(14)19(17)24/h1-2,4-5,7-8,15,24H,3,6,9-13H2. The highest BCUT2D eigenvalue weighted by atomic mass is 16.3. The molecule has 2 amide bonds. The Kier molecular flexibility index (Phi) is 4.07. The highest BCUT2D eigenvalue weighted by Gasteiger charge is 2.32. The van der Waals surface area contributed by atoms with Crippen LogP contribution in [0.4, 0.5) is 0 Å². The fourth-order valence-electron chi connectivity index (χ4n) is 4.03. The monoisotopic (exact) mass is 338 g/mol. The number of fused-ring (bicyclic) bond motifs is 1. The number of amides is 2. The molecule has 0 spiro atoms. The summed E-state index contributed by atoms with van der Waals surface area (Å²) in [6.07, 6.45) is 3.23. The van der Waals surface area contributed by atoms with Crippen LogP contribution >= 0.6 is 0 Å². The van der Waals surface area contributed by atoms with Crippen molar-refractivity contribution in [3.05, 3.63) is 42.0 Å². The second-order valence-electron chi connectivity index (χ2n) is 6.90. The fraction of sp³-hybridized carbons (Fsp3) is 0.400. The van der Waals surface area contributed by atoms with Gasteiger partial charge in [0.1, 0.15) is 5.75 Å². The number of phenolic OH excluding ortho intramolecular Hbond substituents is 1. The summed E-state index contributed by atoms with van der Waals surface area (Å²) < 4.78 is 0. The van der Waals surface area contributed by atoms with Crippen molar-refractivity contribution in [2.45, 2.75) is 31.7 Å². The van der Waals surface area contributed by atoms with Crippen molar-refractivity contribution >= 4 is 22.6 Å². The number of aromatic hydroxyl groups is 1. The lowest BCUT2D eigenvalue weighted by atomic mass is 10.0. The first kappa shape index (κ1) is 15.9. The molecule has 0 aliphatic carbocycles. The number of rotatable bonds is 2. The second kappa shape index (κ2) is 6.39. The van der Waals surface area contributed by atoms with Crippen LogP contribution in [0, 0.1) is 0 Å². The van der Waals surface area contributed by atoms with Crippen molar-refractivity contribution in [3.8, 4) is 5.75 Å². The summed E-state index contributed by atoms with van der Waals surface area (Å²) in [6, 6.07) is 11.3. The van der Waals surface area contributed by atoms with E-state index in [2.05, 4.69) is 0 Å². The predicted molar refractivity (Wildman–Crippen MR) is 95.5 cm³/mol.